The molecule has 3 aliphatic rings. The molecule has 4 amide bonds. The summed E-state index contributed by atoms with van der Waals surface area (Å²) in [6.45, 7) is 0. The molecule has 3 aromatic carbocycles. The van der Waals surface area contributed by atoms with Crippen LogP contribution >= 0.6 is 0 Å². The van der Waals surface area contributed by atoms with Gasteiger partial charge in [-0.2, -0.15) is 0 Å². The fourth-order valence-electron chi connectivity index (χ4n) is 5.86. The molecule has 0 aromatic heterocycles. The number of fused-ring (bicyclic) bond motifs is 4. The highest BCUT2D eigenvalue weighted by Crippen LogP contribution is 2.54. The van der Waals surface area contributed by atoms with Crippen LogP contribution in [0.1, 0.15) is 21.5 Å². The number of nitrogens with zero attached hydrogens (tertiary/aromatic N) is 1. The molecular formula is C27H21FN4O5. The van der Waals surface area contributed by atoms with Crippen molar-refractivity contribution in [3.63, 3.8) is 0 Å². The van der Waals surface area contributed by atoms with Crippen LogP contribution in [0, 0.1) is 17.7 Å². The lowest BCUT2D eigenvalue weighted by molar-refractivity contribution is -0.130. The number of carbonyl (C=O) groups is 4. The minimum Gasteiger partial charge on any atom is -0.508 e. The van der Waals surface area contributed by atoms with Crippen molar-refractivity contribution in [2.75, 3.05) is 10.2 Å². The van der Waals surface area contributed by atoms with Crippen LogP contribution in [-0.4, -0.2) is 34.8 Å². The third kappa shape index (κ3) is 3.26. The molecule has 4 atom stereocenters. The number of halogens is 1. The Morgan fingerprint density at radius 1 is 1.00 bits per heavy atom. The fourth-order valence-corrected chi connectivity index (χ4v) is 5.86. The Balaban J connectivity index is 1.47. The second kappa shape index (κ2) is 7.97. The van der Waals surface area contributed by atoms with E-state index in [2.05, 4.69) is 10.6 Å². The zero-order valence-corrected chi connectivity index (χ0v) is 19.3. The van der Waals surface area contributed by atoms with E-state index in [0.717, 1.165) is 10.5 Å². The van der Waals surface area contributed by atoms with Gasteiger partial charge in [-0.15, -0.1) is 0 Å². The van der Waals surface area contributed by atoms with Crippen molar-refractivity contribution in [1.29, 1.82) is 0 Å². The number of phenols is 1. The second-order valence-electron chi connectivity index (χ2n) is 9.50. The third-order valence-corrected chi connectivity index (χ3v) is 7.48. The van der Waals surface area contributed by atoms with Crippen molar-refractivity contribution >= 4 is 35.0 Å². The molecule has 3 heterocycles. The average molecular weight is 500 g/mol. The van der Waals surface area contributed by atoms with Gasteiger partial charge in [0.05, 0.1) is 17.5 Å². The Labute approximate surface area is 210 Å². The zero-order chi connectivity index (χ0) is 26.1. The number of aromatic hydroxyl groups is 1. The number of rotatable bonds is 4. The Bertz CT molecular complexity index is 1490. The number of phenolic OH excluding ortho intramolecular Hbond substituents is 1. The third-order valence-electron chi connectivity index (χ3n) is 7.48. The maximum absolute atomic E-state index is 14.4. The highest BCUT2D eigenvalue weighted by atomic mass is 19.1. The number of imide groups is 1. The Kier molecular flexibility index (Phi) is 4.93. The van der Waals surface area contributed by atoms with Crippen LogP contribution < -0.4 is 21.3 Å². The Hall–Kier alpha value is -4.57. The smallest absolute Gasteiger partial charge is 0.250 e. The molecule has 37 heavy (non-hydrogen) atoms. The van der Waals surface area contributed by atoms with Gasteiger partial charge in [0.1, 0.15) is 17.1 Å². The normalized spacial score (nSPS) is 25.9. The van der Waals surface area contributed by atoms with Crippen LogP contribution in [0.4, 0.5) is 15.8 Å². The number of benzene rings is 3. The predicted molar refractivity (Wildman–Crippen MR) is 130 cm³/mol. The van der Waals surface area contributed by atoms with Gasteiger partial charge in [-0.25, -0.2) is 9.29 Å². The summed E-state index contributed by atoms with van der Waals surface area (Å²) in [5, 5.41) is 15.6. The first kappa shape index (κ1) is 22.9. The molecule has 186 valence electrons. The molecule has 0 saturated carbocycles. The van der Waals surface area contributed by atoms with Crippen molar-refractivity contribution in [2.24, 2.45) is 17.6 Å². The van der Waals surface area contributed by atoms with Crippen LogP contribution in [-0.2, 0) is 26.3 Å². The molecule has 6 rings (SSSR count). The lowest BCUT2D eigenvalue weighted by Gasteiger charge is -2.29. The Morgan fingerprint density at radius 2 is 1.70 bits per heavy atom. The summed E-state index contributed by atoms with van der Waals surface area (Å²) in [6.07, 6.45) is 0.272. The molecule has 3 aliphatic heterocycles. The van der Waals surface area contributed by atoms with E-state index in [4.69, 9.17) is 5.73 Å². The van der Waals surface area contributed by atoms with E-state index in [-0.39, 0.29) is 29.0 Å². The van der Waals surface area contributed by atoms with Crippen molar-refractivity contribution in [2.45, 2.75) is 18.0 Å². The van der Waals surface area contributed by atoms with E-state index >= 15 is 0 Å². The van der Waals surface area contributed by atoms with E-state index in [9.17, 15) is 28.7 Å². The number of nitrogens with one attached hydrogen (secondary N) is 2. The van der Waals surface area contributed by atoms with Crippen LogP contribution in [0.3, 0.4) is 0 Å². The summed E-state index contributed by atoms with van der Waals surface area (Å²) in [6, 6.07) is 15.4. The van der Waals surface area contributed by atoms with Crippen molar-refractivity contribution < 1.29 is 28.7 Å². The van der Waals surface area contributed by atoms with Gasteiger partial charge in [0.2, 0.25) is 23.6 Å². The van der Waals surface area contributed by atoms with E-state index in [1.165, 1.54) is 54.6 Å². The van der Waals surface area contributed by atoms with E-state index < -0.39 is 52.9 Å². The number of hydrogen-bond donors (Lipinski definition) is 4. The summed E-state index contributed by atoms with van der Waals surface area (Å²) in [5.74, 6) is -4.87. The number of hydrogen-bond acceptors (Lipinski definition) is 6. The molecule has 5 N–H and O–H groups in total. The molecule has 10 heteroatoms. The van der Waals surface area contributed by atoms with Crippen LogP contribution in [0.15, 0.2) is 66.7 Å². The van der Waals surface area contributed by atoms with Gasteiger partial charge in [-0.3, -0.25) is 24.5 Å². The molecule has 2 fully saturated rings. The van der Waals surface area contributed by atoms with E-state index in [1.54, 1.807) is 12.1 Å². The molecule has 0 aliphatic carbocycles. The largest absolute Gasteiger partial charge is 0.508 e. The van der Waals surface area contributed by atoms with E-state index in [0.29, 0.717) is 5.69 Å². The number of anilines is 2. The van der Waals surface area contributed by atoms with E-state index in [1.807, 2.05) is 0 Å². The molecular weight excluding hydrogens is 479 g/mol. The van der Waals surface area contributed by atoms with Crippen molar-refractivity contribution in [1.82, 2.24) is 5.32 Å². The summed E-state index contributed by atoms with van der Waals surface area (Å²) in [5.41, 5.74) is 5.53. The quantitative estimate of drug-likeness (QED) is 0.403. The minimum atomic E-state index is -1.65. The van der Waals surface area contributed by atoms with Gasteiger partial charge in [-0.05, 0) is 66.6 Å². The van der Waals surface area contributed by atoms with Crippen molar-refractivity contribution in [3.8, 4) is 5.75 Å². The first-order chi connectivity index (χ1) is 17.7. The number of amides is 4. The second-order valence-corrected chi connectivity index (χ2v) is 9.50. The highest BCUT2D eigenvalue weighted by Gasteiger charge is 2.70. The maximum atomic E-state index is 14.4. The van der Waals surface area contributed by atoms with Gasteiger partial charge in [0.25, 0.3) is 0 Å². The van der Waals surface area contributed by atoms with Gasteiger partial charge in [0.15, 0.2) is 0 Å². The van der Waals surface area contributed by atoms with Crippen LogP contribution in [0.2, 0.25) is 0 Å². The number of primary amides is 1. The van der Waals surface area contributed by atoms with Gasteiger partial charge >= 0.3 is 0 Å². The van der Waals surface area contributed by atoms with Crippen LogP contribution in [0.25, 0.3) is 0 Å². The van der Waals surface area contributed by atoms with Crippen LogP contribution in [0.5, 0.6) is 5.75 Å². The maximum Gasteiger partial charge on any atom is 0.250 e. The SMILES string of the molecule is NC(=O)c1ccc(N2C(=O)[C@H]3[C@H](Cc4ccc(O)cc4)N[C@]4(C(=O)Nc5ccc(F)cc54)[C@@H]3C2=O)cc1. The number of nitrogens with two attached hydrogens (primary N) is 1. The first-order valence-corrected chi connectivity index (χ1v) is 11.7. The van der Waals surface area contributed by atoms with Gasteiger partial charge in [0, 0.05) is 22.9 Å². The minimum absolute atomic E-state index is 0.0785. The Morgan fingerprint density at radius 3 is 2.38 bits per heavy atom. The lowest BCUT2D eigenvalue weighted by atomic mass is 9.76. The highest BCUT2D eigenvalue weighted by molar-refractivity contribution is 6.25. The monoisotopic (exact) mass is 500 g/mol. The molecule has 3 aromatic rings. The van der Waals surface area contributed by atoms with Crippen molar-refractivity contribution in [3.05, 3.63) is 89.2 Å². The zero-order valence-electron chi connectivity index (χ0n) is 19.3. The summed E-state index contributed by atoms with van der Waals surface area (Å²) < 4.78 is 14.4. The fraction of sp³-hybridized carbons (Fsp3) is 0.185. The number of carbonyl (C=O) groups excluding carboxylic acids is 4. The van der Waals surface area contributed by atoms with Gasteiger partial charge < -0.3 is 16.2 Å². The molecule has 9 nitrogen and oxygen atoms in total. The molecule has 1 spiro atoms. The summed E-state index contributed by atoms with van der Waals surface area (Å²) >= 11 is 0. The molecule has 0 radical (unpaired) electrons. The standard InChI is InChI=1S/C27H21FN4O5/c28-15-5-10-19-18(12-15)27(26(37)30-19)22-21(20(31-27)11-13-1-8-17(33)9-2-13)24(35)32(25(22)36)16-6-3-14(4-7-16)23(29)34/h1-10,12,20-22,31,33H,11H2,(H2,29,34)(H,30,37)/t20-,21-,22-,27-/m0/s1. The average Bonchev–Trinajstić information content (AvgIpc) is 3.45. The summed E-state index contributed by atoms with van der Waals surface area (Å²) in [4.78, 5) is 53.8. The molecule has 2 saturated heterocycles. The predicted octanol–water partition coefficient (Wildman–Crippen LogP) is 1.80. The van der Waals surface area contributed by atoms with Gasteiger partial charge in [-0.1, -0.05) is 12.1 Å². The molecule has 0 unspecified atom stereocenters. The first-order valence-electron chi connectivity index (χ1n) is 11.7. The topological polar surface area (TPSA) is 142 Å². The summed E-state index contributed by atoms with van der Waals surface area (Å²) in [7, 11) is 0. The molecule has 0 bridgehead atoms. The lowest BCUT2D eigenvalue weighted by Crippen LogP contribution is -2.53.